The van der Waals surface area contributed by atoms with Gasteiger partial charge in [-0.15, -0.1) is 0 Å². The number of ether oxygens (including phenoxy) is 2. The zero-order valence-electron chi connectivity index (χ0n) is 9.54. The zero-order chi connectivity index (χ0) is 11.2. The maximum atomic E-state index is 11.8. The third-order valence-corrected chi connectivity index (χ3v) is 3.00. The molecule has 0 bridgehead atoms. The van der Waals surface area contributed by atoms with Gasteiger partial charge in [-0.05, 0) is 6.42 Å². The Balaban J connectivity index is 1.65. The van der Waals surface area contributed by atoms with Crippen molar-refractivity contribution in [3.8, 4) is 0 Å². The molecule has 0 amide bonds. The predicted molar refractivity (Wildman–Crippen MR) is 59.5 cm³/mol. The molecule has 0 spiro atoms. The van der Waals surface area contributed by atoms with Gasteiger partial charge < -0.3 is 20.1 Å². The van der Waals surface area contributed by atoms with Crippen LogP contribution in [0, 0.1) is 0 Å². The number of nitrogens with one attached hydrogen (secondary N) is 2. The molecule has 2 unspecified atom stereocenters. The van der Waals surface area contributed by atoms with Crippen LogP contribution >= 0.6 is 0 Å². The lowest BCUT2D eigenvalue weighted by molar-refractivity contribution is -0.132. The van der Waals surface area contributed by atoms with Crippen molar-refractivity contribution < 1.29 is 14.3 Å². The maximum Gasteiger partial charge on any atom is 0.162 e. The van der Waals surface area contributed by atoms with Gasteiger partial charge >= 0.3 is 0 Å². The number of rotatable bonds is 4. The van der Waals surface area contributed by atoms with Crippen molar-refractivity contribution in [2.24, 2.45) is 0 Å². The van der Waals surface area contributed by atoms with E-state index in [2.05, 4.69) is 10.6 Å². The van der Waals surface area contributed by atoms with E-state index in [0.717, 1.165) is 32.7 Å². The monoisotopic (exact) mass is 228 g/mol. The molecule has 0 aromatic heterocycles. The Hall–Kier alpha value is -0.490. The van der Waals surface area contributed by atoms with Crippen LogP contribution in [0.4, 0.5) is 0 Å². The molecule has 0 aromatic carbocycles. The summed E-state index contributed by atoms with van der Waals surface area (Å²) in [6, 6.07) is 0. The van der Waals surface area contributed by atoms with Gasteiger partial charge in [0.15, 0.2) is 5.78 Å². The van der Waals surface area contributed by atoms with Gasteiger partial charge in [0.2, 0.25) is 0 Å². The lowest BCUT2D eigenvalue weighted by Crippen LogP contribution is -2.44. The molecule has 16 heavy (non-hydrogen) atoms. The minimum absolute atomic E-state index is 0.189. The molecule has 0 saturated carbocycles. The smallest absolute Gasteiger partial charge is 0.162 e. The van der Waals surface area contributed by atoms with E-state index in [4.69, 9.17) is 9.47 Å². The topological polar surface area (TPSA) is 59.6 Å². The number of carbonyl (C=O) groups excluding carboxylic acids is 1. The van der Waals surface area contributed by atoms with Crippen LogP contribution < -0.4 is 10.6 Å². The second-order valence-electron chi connectivity index (χ2n) is 4.27. The first-order valence-corrected chi connectivity index (χ1v) is 6.03. The highest BCUT2D eigenvalue weighted by molar-refractivity contribution is 5.83. The molecule has 2 saturated heterocycles. The average molecular weight is 228 g/mol. The molecule has 0 aliphatic carbocycles. The van der Waals surface area contributed by atoms with Gasteiger partial charge in [-0.2, -0.15) is 0 Å². The van der Waals surface area contributed by atoms with Gasteiger partial charge in [-0.1, -0.05) is 0 Å². The second kappa shape index (κ2) is 6.30. The van der Waals surface area contributed by atoms with Crippen LogP contribution in [0.15, 0.2) is 0 Å². The Labute approximate surface area is 95.9 Å². The Morgan fingerprint density at radius 1 is 1.12 bits per heavy atom. The highest BCUT2D eigenvalue weighted by Crippen LogP contribution is 2.08. The summed E-state index contributed by atoms with van der Waals surface area (Å²) in [5.74, 6) is 0.196. The zero-order valence-corrected chi connectivity index (χ0v) is 9.54. The Morgan fingerprint density at radius 3 is 2.50 bits per heavy atom. The molecule has 0 aromatic rings. The van der Waals surface area contributed by atoms with E-state index in [0.29, 0.717) is 19.6 Å². The van der Waals surface area contributed by atoms with Crippen molar-refractivity contribution in [1.82, 2.24) is 10.6 Å². The van der Waals surface area contributed by atoms with Crippen molar-refractivity contribution >= 4 is 5.78 Å². The van der Waals surface area contributed by atoms with Gasteiger partial charge in [0.25, 0.3) is 0 Å². The summed E-state index contributed by atoms with van der Waals surface area (Å²) in [7, 11) is 0. The lowest BCUT2D eigenvalue weighted by Gasteiger charge is -2.25. The summed E-state index contributed by atoms with van der Waals surface area (Å²) in [6.07, 6.45) is 1.30. The minimum atomic E-state index is -0.245. The Morgan fingerprint density at radius 2 is 1.88 bits per heavy atom. The number of hydrogen-bond donors (Lipinski definition) is 2. The molecule has 2 heterocycles. The Bertz CT molecular complexity index is 223. The number of carbonyl (C=O) groups is 1. The number of morpholine rings is 2. The summed E-state index contributed by atoms with van der Waals surface area (Å²) in [4.78, 5) is 11.8. The number of ketones is 1. The normalized spacial score (nSPS) is 31.2. The van der Waals surface area contributed by atoms with Crippen LogP contribution in [0.3, 0.4) is 0 Å². The van der Waals surface area contributed by atoms with E-state index < -0.39 is 0 Å². The van der Waals surface area contributed by atoms with Crippen molar-refractivity contribution in [3.63, 3.8) is 0 Å². The molecule has 2 N–H and O–H groups in total. The number of hydrogen-bond acceptors (Lipinski definition) is 5. The summed E-state index contributed by atoms with van der Waals surface area (Å²) in [5.41, 5.74) is 0. The van der Waals surface area contributed by atoms with Crippen LogP contribution in [0.1, 0.15) is 12.8 Å². The lowest BCUT2D eigenvalue weighted by atomic mass is 10.1. The molecule has 92 valence electrons. The molecule has 2 aliphatic heterocycles. The van der Waals surface area contributed by atoms with Gasteiger partial charge in [0.1, 0.15) is 6.10 Å². The first-order chi connectivity index (χ1) is 7.86. The van der Waals surface area contributed by atoms with E-state index in [1.54, 1.807) is 0 Å². The van der Waals surface area contributed by atoms with Gasteiger partial charge in [0, 0.05) is 32.6 Å². The van der Waals surface area contributed by atoms with Crippen molar-refractivity contribution in [2.75, 3.05) is 39.4 Å². The van der Waals surface area contributed by atoms with Gasteiger partial charge in [0.05, 0.1) is 19.3 Å². The third-order valence-electron chi connectivity index (χ3n) is 3.00. The quantitative estimate of drug-likeness (QED) is 0.667. The van der Waals surface area contributed by atoms with Crippen LogP contribution in [-0.4, -0.2) is 57.4 Å². The van der Waals surface area contributed by atoms with Crippen molar-refractivity contribution in [3.05, 3.63) is 0 Å². The first kappa shape index (κ1) is 12.0. The fourth-order valence-electron chi connectivity index (χ4n) is 2.04. The van der Waals surface area contributed by atoms with Crippen LogP contribution in [0.2, 0.25) is 0 Å². The molecule has 5 heteroatoms. The average Bonchev–Trinajstić information content (AvgIpc) is 2.38. The Kier molecular flexibility index (Phi) is 4.71. The molecular weight excluding hydrogens is 208 g/mol. The maximum absolute atomic E-state index is 11.8. The second-order valence-corrected chi connectivity index (χ2v) is 4.27. The first-order valence-electron chi connectivity index (χ1n) is 6.03. The molecule has 2 aliphatic rings. The summed E-state index contributed by atoms with van der Waals surface area (Å²) in [5, 5.41) is 6.42. The van der Waals surface area contributed by atoms with Crippen LogP contribution in [-0.2, 0) is 14.3 Å². The fourth-order valence-corrected chi connectivity index (χ4v) is 2.04. The molecule has 5 nitrogen and oxygen atoms in total. The molecule has 2 fully saturated rings. The van der Waals surface area contributed by atoms with Crippen LogP contribution in [0.25, 0.3) is 0 Å². The van der Waals surface area contributed by atoms with E-state index in [9.17, 15) is 4.79 Å². The van der Waals surface area contributed by atoms with E-state index in [-0.39, 0.29) is 18.0 Å². The molecule has 2 rings (SSSR count). The van der Waals surface area contributed by atoms with E-state index in [1.807, 2.05) is 0 Å². The molecule has 0 radical (unpaired) electrons. The van der Waals surface area contributed by atoms with E-state index in [1.165, 1.54) is 0 Å². The molecule has 2 atom stereocenters. The molecular formula is C11H20N2O3. The predicted octanol–water partition coefficient (Wildman–Crippen LogP) is -0.687. The third kappa shape index (κ3) is 3.52. The highest BCUT2D eigenvalue weighted by atomic mass is 16.5. The van der Waals surface area contributed by atoms with Gasteiger partial charge in [-0.3, -0.25) is 4.79 Å². The van der Waals surface area contributed by atoms with Crippen LogP contribution in [0.5, 0.6) is 0 Å². The van der Waals surface area contributed by atoms with Gasteiger partial charge in [-0.25, -0.2) is 0 Å². The summed E-state index contributed by atoms with van der Waals surface area (Å²) in [6.45, 7) is 4.66. The summed E-state index contributed by atoms with van der Waals surface area (Å²) >= 11 is 0. The standard InChI is InChI=1S/C11H20N2O3/c14-10(11-8-13-4-6-16-11)2-1-9-7-12-3-5-15-9/h9,11-13H,1-8H2. The van der Waals surface area contributed by atoms with Crippen molar-refractivity contribution in [2.45, 2.75) is 25.0 Å². The fraction of sp³-hybridized carbons (Fsp3) is 0.909. The number of Topliss-reactive ketones (excluding diaryl/α,β-unsaturated/α-hetero) is 1. The van der Waals surface area contributed by atoms with Crippen molar-refractivity contribution in [1.29, 1.82) is 0 Å². The van der Waals surface area contributed by atoms with E-state index >= 15 is 0 Å². The summed E-state index contributed by atoms with van der Waals surface area (Å²) < 4.78 is 11.0. The largest absolute Gasteiger partial charge is 0.376 e. The minimum Gasteiger partial charge on any atom is -0.376 e. The highest BCUT2D eigenvalue weighted by Gasteiger charge is 2.23. The SMILES string of the molecule is O=C(CCC1CNCCO1)C1CNCCO1.